The van der Waals surface area contributed by atoms with Gasteiger partial charge in [-0.05, 0) is 23.8 Å². The van der Waals surface area contributed by atoms with E-state index < -0.39 is 0 Å². The molecule has 4 nitrogen and oxygen atoms in total. The number of anilines is 1. The Balaban J connectivity index is 2.21. The molecule has 1 aromatic carbocycles. The molecule has 1 heterocycles. The first kappa shape index (κ1) is 11.6. The molecule has 0 aromatic heterocycles. The monoisotopic (exact) mass is 247 g/mol. The number of nitrogens with one attached hydrogen (secondary N) is 2. The molecule has 1 aliphatic heterocycles. The maximum atomic E-state index is 11.0. The van der Waals surface area contributed by atoms with Gasteiger partial charge in [-0.1, -0.05) is 24.4 Å². The molecule has 0 unspecified atom stereocenters. The van der Waals surface area contributed by atoms with Gasteiger partial charge in [0.2, 0.25) is 0 Å². The second kappa shape index (κ2) is 4.55. The summed E-state index contributed by atoms with van der Waals surface area (Å²) in [5.74, 6) is 0. The molecule has 1 aromatic rings. The molecule has 1 saturated heterocycles. The number of urea groups is 1. The molecule has 0 spiro atoms. The highest BCUT2D eigenvalue weighted by atomic mass is 32.1. The van der Waals surface area contributed by atoms with E-state index in [1.807, 2.05) is 49.3 Å². The number of thiocarbonyl (C=S) groups is 1. The van der Waals surface area contributed by atoms with E-state index in [0.717, 1.165) is 11.3 Å². The van der Waals surface area contributed by atoms with E-state index in [0.29, 0.717) is 10.7 Å². The van der Waals surface area contributed by atoms with Crippen molar-refractivity contribution in [3.63, 3.8) is 0 Å². The number of hydrogen-bond donors (Lipinski definition) is 2. The molecule has 88 valence electrons. The number of nitrogens with zero attached hydrogens (tertiary/aromatic N) is 1. The lowest BCUT2D eigenvalue weighted by molar-refractivity contribution is 0.250. The molecule has 0 atom stereocenters. The van der Waals surface area contributed by atoms with Crippen LogP contribution in [0.2, 0.25) is 0 Å². The number of hydrogen-bond acceptors (Lipinski definition) is 3. The molecule has 0 radical (unpaired) electrons. The highest BCUT2D eigenvalue weighted by molar-refractivity contribution is 7.80. The van der Waals surface area contributed by atoms with Gasteiger partial charge in [0, 0.05) is 19.8 Å². The zero-order chi connectivity index (χ0) is 12.4. The quantitative estimate of drug-likeness (QED) is 0.618. The number of amides is 2. The Hall–Kier alpha value is -1.88. The Morgan fingerprint density at radius 2 is 1.82 bits per heavy atom. The molecule has 17 heavy (non-hydrogen) atoms. The van der Waals surface area contributed by atoms with Crippen LogP contribution >= 0.6 is 12.2 Å². The van der Waals surface area contributed by atoms with Gasteiger partial charge in [0.05, 0.1) is 5.70 Å². The van der Waals surface area contributed by atoms with Crippen molar-refractivity contribution >= 4 is 35.0 Å². The van der Waals surface area contributed by atoms with Crippen LogP contribution in [0.4, 0.5) is 10.5 Å². The fraction of sp³-hybridized carbons (Fsp3) is 0.167. The topological polar surface area (TPSA) is 44.4 Å². The first-order valence-electron chi connectivity index (χ1n) is 5.17. The summed E-state index contributed by atoms with van der Waals surface area (Å²) >= 11 is 5.01. The predicted molar refractivity (Wildman–Crippen MR) is 73.0 cm³/mol. The van der Waals surface area contributed by atoms with Crippen molar-refractivity contribution in [2.24, 2.45) is 0 Å². The van der Waals surface area contributed by atoms with Crippen molar-refractivity contribution in [3.8, 4) is 0 Å². The van der Waals surface area contributed by atoms with Crippen molar-refractivity contribution in [3.05, 3.63) is 35.5 Å². The molecule has 0 saturated carbocycles. The van der Waals surface area contributed by atoms with Gasteiger partial charge in [0.15, 0.2) is 0 Å². The van der Waals surface area contributed by atoms with Gasteiger partial charge >= 0.3 is 6.03 Å². The zero-order valence-electron chi connectivity index (χ0n) is 9.65. The smallest absolute Gasteiger partial charge is 0.324 e. The van der Waals surface area contributed by atoms with Crippen LogP contribution in [0.5, 0.6) is 0 Å². The minimum atomic E-state index is -0.272. The molecule has 1 fully saturated rings. The zero-order valence-corrected chi connectivity index (χ0v) is 10.5. The lowest BCUT2D eigenvalue weighted by Crippen LogP contribution is -2.21. The third kappa shape index (κ3) is 2.62. The highest BCUT2D eigenvalue weighted by Gasteiger charge is 2.18. The Bertz CT molecular complexity index is 491. The van der Waals surface area contributed by atoms with E-state index in [1.165, 1.54) is 0 Å². The van der Waals surface area contributed by atoms with Crippen LogP contribution in [-0.4, -0.2) is 25.1 Å². The summed E-state index contributed by atoms with van der Waals surface area (Å²) in [6.07, 6.45) is 1.85. The Kier molecular flexibility index (Phi) is 3.10. The van der Waals surface area contributed by atoms with Gasteiger partial charge in [-0.25, -0.2) is 4.79 Å². The number of rotatable bonds is 2. The van der Waals surface area contributed by atoms with Gasteiger partial charge < -0.3 is 10.2 Å². The summed E-state index contributed by atoms with van der Waals surface area (Å²) < 4.78 is 0. The second-order valence-corrected chi connectivity index (χ2v) is 4.36. The van der Waals surface area contributed by atoms with E-state index in [9.17, 15) is 4.79 Å². The summed E-state index contributed by atoms with van der Waals surface area (Å²) in [7, 11) is 3.98. The van der Waals surface area contributed by atoms with Crippen molar-refractivity contribution in [1.82, 2.24) is 10.6 Å². The van der Waals surface area contributed by atoms with E-state index in [1.54, 1.807) is 0 Å². The average molecular weight is 247 g/mol. The van der Waals surface area contributed by atoms with Crippen LogP contribution in [0.15, 0.2) is 30.0 Å². The molecule has 2 rings (SSSR count). The van der Waals surface area contributed by atoms with Crippen molar-refractivity contribution < 1.29 is 4.79 Å². The lowest BCUT2D eigenvalue weighted by Gasteiger charge is -2.11. The predicted octanol–water partition coefficient (Wildman–Crippen LogP) is 1.73. The third-order valence-electron chi connectivity index (χ3n) is 2.44. The van der Waals surface area contributed by atoms with Gasteiger partial charge in [-0.2, -0.15) is 0 Å². The maximum absolute atomic E-state index is 11.0. The summed E-state index contributed by atoms with van der Waals surface area (Å²) in [4.78, 5) is 13.5. The molecule has 1 aliphatic rings. The summed E-state index contributed by atoms with van der Waals surface area (Å²) in [6.45, 7) is 0. The molecule has 2 N–H and O–H groups in total. The second-order valence-electron chi connectivity index (χ2n) is 3.95. The van der Waals surface area contributed by atoms with E-state index in [4.69, 9.17) is 12.2 Å². The summed E-state index contributed by atoms with van der Waals surface area (Å²) in [5, 5.41) is 5.17. The Morgan fingerprint density at radius 1 is 1.18 bits per heavy atom. The minimum absolute atomic E-state index is 0.272. The highest BCUT2D eigenvalue weighted by Crippen LogP contribution is 2.15. The SMILES string of the molecule is CN(C)c1ccc(C=C2NC(=O)NC2=S)cc1. The fourth-order valence-electron chi connectivity index (χ4n) is 1.52. The Labute approximate surface area is 105 Å². The third-order valence-corrected chi connectivity index (χ3v) is 2.76. The van der Waals surface area contributed by atoms with Gasteiger partial charge in [-0.15, -0.1) is 0 Å². The summed E-state index contributed by atoms with van der Waals surface area (Å²) in [5.41, 5.74) is 2.77. The minimum Gasteiger partial charge on any atom is -0.378 e. The largest absolute Gasteiger partial charge is 0.378 e. The van der Waals surface area contributed by atoms with Gasteiger partial charge in [0.25, 0.3) is 0 Å². The van der Waals surface area contributed by atoms with E-state index in [2.05, 4.69) is 10.6 Å². The maximum Gasteiger partial charge on any atom is 0.324 e. The normalized spacial score (nSPS) is 16.9. The molecular formula is C12H13N3OS. The Morgan fingerprint density at radius 3 is 2.29 bits per heavy atom. The van der Waals surface area contributed by atoms with Gasteiger partial charge in [0.1, 0.15) is 4.99 Å². The standard InChI is InChI=1S/C12H13N3OS/c1-15(2)9-5-3-8(4-6-9)7-10-11(17)14-12(16)13-10/h3-7H,1-2H3,(H2,13,14,16,17). The molecular weight excluding hydrogens is 234 g/mol. The van der Waals surface area contributed by atoms with Crippen LogP contribution in [0.25, 0.3) is 6.08 Å². The van der Waals surface area contributed by atoms with Crippen LogP contribution in [0.3, 0.4) is 0 Å². The lowest BCUT2D eigenvalue weighted by atomic mass is 10.1. The van der Waals surface area contributed by atoms with Crippen molar-refractivity contribution in [1.29, 1.82) is 0 Å². The van der Waals surface area contributed by atoms with Gasteiger partial charge in [-0.3, -0.25) is 5.32 Å². The average Bonchev–Trinajstić information content (AvgIpc) is 2.58. The summed E-state index contributed by atoms with van der Waals surface area (Å²) in [6, 6.07) is 7.72. The molecule has 0 aliphatic carbocycles. The van der Waals surface area contributed by atoms with Crippen LogP contribution in [0.1, 0.15) is 5.56 Å². The van der Waals surface area contributed by atoms with Crippen LogP contribution < -0.4 is 15.5 Å². The first-order chi connectivity index (χ1) is 8.06. The van der Waals surface area contributed by atoms with Crippen molar-refractivity contribution in [2.75, 3.05) is 19.0 Å². The molecule has 2 amide bonds. The molecule has 5 heteroatoms. The van der Waals surface area contributed by atoms with Crippen molar-refractivity contribution in [2.45, 2.75) is 0 Å². The van der Waals surface area contributed by atoms with E-state index in [-0.39, 0.29) is 6.03 Å². The fourth-order valence-corrected chi connectivity index (χ4v) is 1.72. The number of benzene rings is 1. The number of carbonyl (C=O) groups excluding carboxylic acids is 1. The molecule has 0 bridgehead atoms. The van der Waals surface area contributed by atoms with Crippen LogP contribution in [-0.2, 0) is 0 Å². The van der Waals surface area contributed by atoms with Crippen LogP contribution in [0, 0.1) is 0 Å². The van der Waals surface area contributed by atoms with E-state index >= 15 is 0 Å². The first-order valence-corrected chi connectivity index (χ1v) is 5.58. The number of carbonyl (C=O) groups is 1.